The molecule has 0 atom stereocenters. The summed E-state index contributed by atoms with van der Waals surface area (Å²) in [5.41, 5.74) is 4.19. The molecular formula is C23H22N2O3S2. The van der Waals surface area contributed by atoms with Crippen molar-refractivity contribution in [2.75, 3.05) is 4.72 Å². The zero-order valence-corrected chi connectivity index (χ0v) is 18.4. The summed E-state index contributed by atoms with van der Waals surface area (Å²) in [5, 5.41) is 0. The van der Waals surface area contributed by atoms with Gasteiger partial charge in [0.15, 0.2) is 0 Å². The van der Waals surface area contributed by atoms with E-state index in [9.17, 15) is 13.2 Å². The van der Waals surface area contributed by atoms with E-state index in [1.807, 2.05) is 62.4 Å². The minimum absolute atomic E-state index is 0.108. The van der Waals surface area contributed by atoms with Gasteiger partial charge in [-0.2, -0.15) is 0 Å². The third kappa shape index (κ3) is 3.91. The van der Waals surface area contributed by atoms with Crippen LogP contribution in [-0.4, -0.2) is 13.0 Å². The number of anilines is 1. The fraction of sp³-hybridized carbons (Fsp3) is 0.174. The molecule has 7 heteroatoms. The number of rotatable bonds is 6. The molecule has 0 spiro atoms. The molecule has 5 nitrogen and oxygen atoms in total. The first-order valence-corrected chi connectivity index (χ1v) is 12.0. The van der Waals surface area contributed by atoms with Crippen LogP contribution in [0, 0.1) is 6.92 Å². The summed E-state index contributed by atoms with van der Waals surface area (Å²) in [6, 6.07) is 20.3. The average Bonchev–Trinajstić information content (AvgIpc) is 3.04. The van der Waals surface area contributed by atoms with Crippen molar-refractivity contribution in [3.05, 3.63) is 93.1 Å². The molecule has 3 aromatic carbocycles. The Morgan fingerprint density at radius 3 is 2.50 bits per heavy atom. The highest BCUT2D eigenvalue weighted by atomic mass is 32.2. The first-order chi connectivity index (χ1) is 14.4. The Hall–Kier alpha value is -2.90. The van der Waals surface area contributed by atoms with Gasteiger partial charge in [0.05, 0.1) is 27.3 Å². The van der Waals surface area contributed by atoms with Gasteiger partial charge >= 0.3 is 4.87 Å². The molecule has 0 aliphatic heterocycles. The van der Waals surface area contributed by atoms with Crippen LogP contribution >= 0.6 is 11.3 Å². The number of sulfonamides is 1. The van der Waals surface area contributed by atoms with Gasteiger partial charge in [-0.25, -0.2) is 8.42 Å². The second-order valence-electron chi connectivity index (χ2n) is 7.14. The normalized spacial score (nSPS) is 11.7. The summed E-state index contributed by atoms with van der Waals surface area (Å²) < 4.78 is 31.2. The maximum atomic E-state index is 13.1. The summed E-state index contributed by atoms with van der Waals surface area (Å²) in [6.45, 7) is 4.33. The zero-order chi connectivity index (χ0) is 21.3. The van der Waals surface area contributed by atoms with Crippen LogP contribution in [0.5, 0.6) is 0 Å². The number of benzene rings is 3. The highest BCUT2D eigenvalue weighted by molar-refractivity contribution is 7.92. The lowest BCUT2D eigenvalue weighted by atomic mass is 10.1. The minimum atomic E-state index is -3.78. The van der Waals surface area contributed by atoms with E-state index < -0.39 is 10.0 Å². The Labute approximate surface area is 179 Å². The lowest BCUT2D eigenvalue weighted by Crippen LogP contribution is -2.15. The number of thiazole rings is 1. The van der Waals surface area contributed by atoms with Crippen molar-refractivity contribution in [2.45, 2.75) is 31.7 Å². The molecule has 0 amide bonds. The number of aryl methyl sites for hydroxylation is 2. The summed E-state index contributed by atoms with van der Waals surface area (Å²) in [4.78, 5) is 12.6. The monoisotopic (exact) mass is 438 g/mol. The predicted octanol–water partition coefficient (Wildman–Crippen LogP) is 4.78. The molecule has 4 aromatic rings. The third-order valence-electron chi connectivity index (χ3n) is 5.11. The van der Waals surface area contributed by atoms with E-state index in [0.29, 0.717) is 16.9 Å². The first-order valence-electron chi connectivity index (χ1n) is 9.67. The summed E-state index contributed by atoms with van der Waals surface area (Å²) in [5.74, 6) is 0. The van der Waals surface area contributed by atoms with Crippen LogP contribution in [0.3, 0.4) is 0 Å². The van der Waals surface area contributed by atoms with E-state index in [1.165, 1.54) is 0 Å². The lowest BCUT2D eigenvalue weighted by molar-refractivity contribution is 0.601. The van der Waals surface area contributed by atoms with E-state index >= 15 is 0 Å². The molecule has 0 unspecified atom stereocenters. The topological polar surface area (TPSA) is 68.2 Å². The smallest absolute Gasteiger partial charge is 0.294 e. The molecule has 1 aromatic heterocycles. The molecule has 154 valence electrons. The Bertz CT molecular complexity index is 1370. The average molecular weight is 439 g/mol. The molecule has 0 radical (unpaired) electrons. The van der Waals surface area contributed by atoms with Crippen molar-refractivity contribution in [3.8, 4) is 0 Å². The number of aromatic nitrogens is 1. The first kappa shape index (κ1) is 20.4. The maximum Gasteiger partial charge on any atom is 0.308 e. The fourth-order valence-electron chi connectivity index (χ4n) is 3.49. The zero-order valence-electron chi connectivity index (χ0n) is 16.8. The van der Waals surface area contributed by atoms with Gasteiger partial charge in [-0.05, 0) is 48.2 Å². The summed E-state index contributed by atoms with van der Waals surface area (Å²) in [7, 11) is -3.78. The van der Waals surface area contributed by atoms with E-state index in [0.717, 1.165) is 40.0 Å². The van der Waals surface area contributed by atoms with Gasteiger partial charge in [0.25, 0.3) is 10.0 Å². The van der Waals surface area contributed by atoms with Gasteiger partial charge in [-0.15, -0.1) is 0 Å². The third-order valence-corrected chi connectivity index (χ3v) is 7.40. The summed E-state index contributed by atoms with van der Waals surface area (Å²) in [6.07, 6.45) is 0.725. The van der Waals surface area contributed by atoms with E-state index in [2.05, 4.69) is 4.72 Å². The van der Waals surface area contributed by atoms with Crippen molar-refractivity contribution in [3.63, 3.8) is 0 Å². The van der Waals surface area contributed by atoms with Crippen molar-refractivity contribution in [1.29, 1.82) is 0 Å². The van der Waals surface area contributed by atoms with Gasteiger partial charge in [-0.1, -0.05) is 66.8 Å². The van der Waals surface area contributed by atoms with Crippen molar-refractivity contribution in [1.82, 2.24) is 4.57 Å². The Balaban J connectivity index is 1.71. The molecule has 4 rings (SSSR count). The molecule has 1 heterocycles. The van der Waals surface area contributed by atoms with Gasteiger partial charge < -0.3 is 0 Å². The Kier molecular flexibility index (Phi) is 5.49. The molecule has 1 N–H and O–H groups in total. The summed E-state index contributed by atoms with van der Waals surface area (Å²) >= 11 is 1.06. The second kappa shape index (κ2) is 8.08. The SMILES string of the molecule is CCc1cccc(C)c1NS(=O)(=O)c1ccc2c(c1)sc(=O)n2Cc1ccccc1. The molecule has 0 aliphatic rings. The van der Waals surface area contributed by atoms with Crippen LogP contribution in [0.25, 0.3) is 10.2 Å². The van der Waals surface area contributed by atoms with E-state index in [4.69, 9.17) is 0 Å². The lowest BCUT2D eigenvalue weighted by Gasteiger charge is -2.14. The van der Waals surface area contributed by atoms with Crippen LogP contribution in [0.15, 0.2) is 76.4 Å². The Morgan fingerprint density at radius 2 is 1.77 bits per heavy atom. The number of fused-ring (bicyclic) bond motifs is 1. The van der Waals surface area contributed by atoms with Crippen molar-refractivity contribution >= 4 is 37.3 Å². The molecule has 0 fully saturated rings. The molecule has 30 heavy (non-hydrogen) atoms. The Morgan fingerprint density at radius 1 is 1.00 bits per heavy atom. The van der Waals surface area contributed by atoms with Crippen LogP contribution < -0.4 is 9.60 Å². The quantitative estimate of drug-likeness (QED) is 0.471. The van der Waals surface area contributed by atoms with Gasteiger partial charge in [0, 0.05) is 0 Å². The maximum absolute atomic E-state index is 13.1. The number of nitrogens with zero attached hydrogens (tertiary/aromatic N) is 1. The van der Waals surface area contributed by atoms with Crippen LogP contribution in [-0.2, 0) is 23.0 Å². The van der Waals surface area contributed by atoms with Crippen LogP contribution in [0.2, 0.25) is 0 Å². The van der Waals surface area contributed by atoms with Gasteiger partial charge in [0.1, 0.15) is 0 Å². The number of nitrogens with one attached hydrogen (secondary N) is 1. The standard InChI is InChI=1S/C23H22N2O3S2/c1-3-18-11-7-8-16(2)22(18)24-30(27,28)19-12-13-20-21(14-19)29-23(26)25(20)15-17-9-5-4-6-10-17/h4-14,24H,3,15H2,1-2H3. The molecule has 0 bridgehead atoms. The van der Waals surface area contributed by atoms with Crippen LogP contribution in [0.4, 0.5) is 5.69 Å². The highest BCUT2D eigenvalue weighted by Crippen LogP contribution is 2.27. The molecule has 0 saturated carbocycles. The van der Waals surface area contributed by atoms with E-state index in [-0.39, 0.29) is 9.77 Å². The minimum Gasteiger partial charge on any atom is -0.294 e. The highest BCUT2D eigenvalue weighted by Gasteiger charge is 2.19. The van der Waals surface area contributed by atoms with Gasteiger partial charge in [0.2, 0.25) is 0 Å². The number of hydrogen-bond acceptors (Lipinski definition) is 4. The van der Waals surface area contributed by atoms with Crippen LogP contribution in [0.1, 0.15) is 23.6 Å². The van der Waals surface area contributed by atoms with Crippen molar-refractivity contribution < 1.29 is 8.42 Å². The van der Waals surface area contributed by atoms with Crippen molar-refractivity contribution in [2.24, 2.45) is 0 Å². The predicted molar refractivity (Wildman–Crippen MR) is 123 cm³/mol. The largest absolute Gasteiger partial charge is 0.308 e. The number of para-hydroxylation sites is 1. The fourth-order valence-corrected chi connectivity index (χ4v) is 5.70. The molecular weight excluding hydrogens is 416 g/mol. The molecule has 0 saturated heterocycles. The second-order valence-corrected chi connectivity index (χ2v) is 9.81. The number of hydrogen-bond donors (Lipinski definition) is 1. The molecule has 0 aliphatic carbocycles. The van der Waals surface area contributed by atoms with E-state index in [1.54, 1.807) is 22.8 Å². The van der Waals surface area contributed by atoms with Gasteiger partial charge in [-0.3, -0.25) is 14.1 Å².